The minimum Gasteiger partial charge on any atom is -0.484 e. The van der Waals surface area contributed by atoms with Crippen molar-refractivity contribution in [1.82, 2.24) is 16.2 Å². The van der Waals surface area contributed by atoms with Gasteiger partial charge in [0.25, 0.3) is 5.91 Å². The third-order valence-corrected chi connectivity index (χ3v) is 4.92. The topological polar surface area (TPSA) is 62.4 Å². The van der Waals surface area contributed by atoms with Crippen LogP contribution in [0, 0.1) is 18.8 Å². The number of thiocarbonyl (C=S) groups is 1. The van der Waals surface area contributed by atoms with E-state index in [0.29, 0.717) is 28.7 Å². The number of carbonyl (C=O) groups is 1. The molecule has 5 nitrogen and oxygen atoms in total. The molecule has 1 amide bonds. The molecule has 24 heavy (non-hydrogen) atoms. The maximum absolute atomic E-state index is 11.8. The summed E-state index contributed by atoms with van der Waals surface area (Å²) in [5, 5.41) is 3.75. The maximum Gasteiger partial charge on any atom is 0.276 e. The van der Waals surface area contributed by atoms with E-state index in [1.165, 1.54) is 12.8 Å². The fraction of sp³-hybridized carbons (Fsp3) is 0.556. The molecule has 0 radical (unpaired) electrons. The molecule has 1 aromatic carbocycles. The highest BCUT2D eigenvalue weighted by molar-refractivity contribution is 7.80. The number of carbonyl (C=O) groups excluding carboxylic acids is 1. The van der Waals surface area contributed by atoms with Crippen LogP contribution in [-0.4, -0.2) is 23.7 Å². The number of amides is 1. The van der Waals surface area contributed by atoms with Crippen LogP contribution in [0.5, 0.6) is 5.75 Å². The Morgan fingerprint density at radius 1 is 1.29 bits per heavy atom. The van der Waals surface area contributed by atoms with Gasteiger partial charge in [0.15, 0.2) is 11.7 Å². The summed E-state index contributed by atoms with van der Waals surface area (Å²) in [4.78, 5) is 11.8. The normalized spacial score (nSPS) is 23.2. The maximum atomic E-state index is 11.8. The summed E-state index contributed by atoms with van der Waals surface area (Å²) in [7, 11) is 0. The number of aryl methyl sites for hydroxylation is 1. The van der Waals surface area contributed by atoms with Gasteiger partial charge >= 0.3 is 0 Å². The average molecular weight is 350 g/mol. The average Bonchev–Trinajstić information content (AvgIpc) is 2.55. The van der Waals surface area contributed by atoms with Crippen molar-refractivity contribution in [2.24, 2.45) is 11.8 Å². The lowest BCUT2D eigenvalue weighted by molar-refractivity contribution is -0.123. The second-order valence-electron chi connectivity index (χ2n) is 6.63. The van der Waals surface area contributed by atoms with Crippen LogP contribution in [-0.2, 0) is 4.79 Å². The van der Waals surface area contributed by atoms with Gasteiger partial charge in [-0.15, -0.1) is 0 Å². The molecule has 2 rings (SSSR count). The van der Waals surface area contributed by atoms with Crippen LogP contribution >= 0.6 is 12.2 Å². The van der Waals surface area contributed by atoms with Crippen LogP contribution in [0.1, 0.15) is 38.7 Å². The van der Waals surface area contributed by atoms with Gasteiger partial charge in [-0.3, -0.25) is 15.6 Å². The van der Waals surface area contributed by atoms with Crippen LogP contribution in [0.2, 0.25) is 0 Å². The highest BCUT2D eigenvalue weighted by Crippen LogP contribution is 2.29. The lowest BCUT2D eigenvalue weighted by Gasteiger charge is -2.35. The zero-order valence-electron chi connectivity index (χ0n) is 14.6. The Balaban J connectivity index is 1.68. The minimum absolute atomic E-state index is 0.0596. The van der Waals surface area contributed by atoms with Gasteiger partial charge in [0.05, 0.1) is 0 Å². The Morgan fingerprint density at radius 3 is 2.83 bits per heavy atom. The lowest BCUT2D eigenvalue weighted by Crippen LogP contribution is -2.53. The molecule has 1 aromatic rings. The first-order valence-electron chi connectivity index (χ1n) is 8.50. The Bertz CT molecular complexity index is 579. The summed E-state index contributed by atoms with van der Waals surface area (Å²) in [6, 6.07) is 7.94. The second kappa shape index (κ2) is 8.87. The van der Waals surface area contributed by atoms with Gasteiger partial charge in [0.2, 0.25) is 0 Å². The molecule has 0 bridgehead atoms. The Hall–Kier alpha value is -1.82. The van der Waals surface area contributed by atoms with E-state index >= 15 is 0 Å². The molecule has 0 heterocycles. The van der Waals surface area contributed by atoms with Crippen molar-refractivity contribution < 1.29 is 9.53 Å². The smallest absolute Gasteiger partial charge is 0.276 e. The molecule has 0 spiro atoms. The molecule has 1 aliphatic rings. The second-order valence-corrected chi connectivity index (χ2v) is 7.03. The molecule has 0 aliphatic heterocycles. The monoisotopic (exact) mass is 349 g/mol. The highest BCUT2D eigenvalue weighted by atomic mass is 32.1. The first kappa shape index (κ1) is 18.5. The van der Waals surface area contributed by atoms with E-state index in [0.717, 1.165) is 12.0 Å². The van der Waals surface area contributed by atoms with E-state index in [1.807, 2.05) is 31.2 Å². The molecule has 3 N–H and O–H groups in total. The molecular weight excluding hydrogens is 322 g/mol. The summed E-state index contributed by atoms with van der Waals surface area (Å²) < 4.78 is 5.45. The fourth-order valence-electron chi connectivity index (χ4n) is 3.01. The molecule has 1 fully saturated rings. The van der Waals surface area contributed by atoms with Crippen LogP contribution in [0.4, 0.5) is 0 Å². The number of hydrazine groups is 1. The van der Waals surface area contributed by atoms with Crippen molar-refractivity contribution >= 4 is 23.2 Å². The zero-order chi connectivity index (χ0) is 17.5. The SMILES string of the molecule is Cc1cccc(OCC(=O)NNC(=S)N[C@H]2CCC[C@H](C)[C@@H]2C)c1. The number of hydrogen-bond donors (Lipinski definition) is 3. The summed E-state index contributed by atoms with van der Waals surface area (Å²) in [6.45, 7) is 6.44. The van der Waals surface area contributed by atoms with Crippen LogP contribution in [0.15, 0.2) is 24.3 Å². The van der Waals surface area contributed by atoms with Crippen molar-refractivity contribution in [3.63, 3.8) is 0 Å². The van der Waals surface area contributed by atoms with Gasteiger partial charge in [-0.1, -0.05) is 38.8 Å². The lowest BCUT2D eigenvalue weighted by atomic mass is 9.78. The first-order chi connectivity index (χ1) is 11.5. The molecule has 132 valence electrons. The van der Waals surface area contributed by atoms with E-state index in [2.05, 4.69) is 30.0 Å². The number of nitrogens with one attached hydrogen (secondary N) is 3. The van der Waals surface area contributed by atoms with E-state index in [9.17, 15) is 4.79 Å². The van der Waals surface area contributed by atoms with Gasteiger partial charge in [0, 0.05) is 6.04 Å². The van der Waals surface area contributed by atoms with Crippen molar-refractivity contribution in [1.29, 1.82) is 0 Å². The molecule has 0 aromatic heterocycles. The number of rotatable bonds is 4. The van der Waals surface area contributed by atoms with Crippen LogP contribution < -0.4 is 20.9 Å². The Labute approximate surface area is 149 Å². The van der Waals surface area contributed by atoms with E-state index in [1.54, 1.807) is 0 Å². The molecular formula is C18H27N3O2S. The molecule has 0 unspecified atom stereocenters. The van der Waals surface area contributed by atoms with Crippen molar-refractivity contribution in [2.45, 2.75) is 46.1 Å². The summed E-state index contributed by atoms with van der Waals surface area (Å²) in [6.07, 6.45) is 3.59. The number of ether oxygens (including phenoxy) is 1. The largest absolute Gasteiger partial charge is 0.484 e. The summed E-state index contributed by atoms with van der Waals surface area (Å²) in [5.74, 6) is 1.66. The molecule has 1 aliphatic carbocycles. The Morgan fingerprint density at radius 2 is 2.08 bits per heavy atom. The van der Waals surface area contributed by atoms with Crippen molar-refractivity contribution in [2.75, 3.05) is 6.61 Å². The predicted octanol–water partition coefficient (Wildman–Crippen LogP) is 2.69. The van der Waals surface area contributed by atoms with Crippen LogP contribution in [0.3, 0.4) is 0 Å². The van der Waals surface area contributed by atoms with E-state index in [-0.39, 0.29) is 12.5 Å². The molecule has 1 saturated carbocycles. The van der Waals surface area contributed by atoms with Crippen molar-refractivity contribution in [3.05, 3.63) is 29.8 Å². The third kappa shape index (κ3) is 5.67. The number of benzene rings is 1. The van der Waals surface area contributed by atoms with Gasteiger partial charge in [-0.05, 0) is 55.1 Å². The van der Waals surface area contributed by atoms with E-state index < -0.39 is 0 Å². The molecule has 3 atom stereocenters. The highest BCUT2D eigenvalue weighted by Gasteiger charge is 2.27. The third-order valence-electron chi connectivity index (χ3n) is 4.70. The van der Waals surface area contributed by atoms with Crippen LogP contribution in [0.25, 0.3) is 0 Å². The van der Waals surface area contributed by atoms with Crippen molar-refractivity contribution in [3.8, 4) is 5.75 Å². The van der Waals surface area contributed by atoms with E-state index in [4.69, 9.17) is 17.0 Å². The standard InChI is InChI=1S/C18H27N3O2S/c1-12-6-4-8-15(10-12)23-11-17(22)20-21-18(24)19-16-9-5-7-13(2)14(16)3/h4,6,8,10,13-14,16H,5,7,9,11H2,1-3H3,(H,20,22)(H2,19,21,24)/t13-,14-,16-/m0/s1. The van der Waals surface area contributed by atoms with Gasteiger partial charge in [-0.25, -0.2) is 0 Å². The van der Waals surface area contributed by atoms with Gasteiger partial charge in [-0.2, -0.15) is 0 Å². The molecule has 0 saturated heterocycles. The summed E-state index contributed by atoms with van der Waals surface area (Å²) in [5.41, 5.74) is 6.41. The number of hydrogen-bond acceptors (Lipinski definition) is 3. The quantitative estimate of drug-likeness (QED) is 0.576. The summed E-state index contributed by atoms with van der Waals surface area (Å²) >= 11 is 5.26. The predicted molar refractivity (Wildman–Crippen MR) is 99.7 cm³/mol. The van der Waals surface area contributed by atoms with Gasteiger partial charge in [0.1, 0.15) is 5.75 Å². The zero-order valence-corrected chi connectivity index (χ0v) is 15.4. The Kier molecular flexibility index (Phi) is 6.85. The molecule has 6 heteroatoms. The fourth-order valence-corrected chi connectivity index (χ4v) is 3.21. The van der Waals surface area contributed by atoms with Gasteiger partial charge < -0.3 is 10.1 Å². The first-order valence-corrected chi connectivity index (χ1v) is 8.91. The minimum atomic E-state index is -0.272.